The van der Waals surface area contributed by atoms with Gasteiger partial charge in [-0.2, -0.15) is 0 Å². The van der Waals surface area contributed by atoms with Crippen LogP contribution in [0.5, 0.6) is 5.75 Å². The molecule has 0 bridgehead atoms. The van der Waals surface area contributed by atoms with E-state index in [0.29, 0.717) is 24.4 Å². The molecular formula is C15H18ClN3O3S. The van der Waals surface area contributed by atoms with Crippen LogP contribution in [0.1, 0.15) is 17.8 Å². The predicted molar refractivity (Wildman–Crippen MR) is 87.9 cm³/mol. The molecule has 6 nitrogen and oxygen atoms in total. The molecule has 1 aliphatic heterocycles. The SMILES string of the molecule is Cc1cc(OCc2nc(SC[C@@H]3CCOCO3)n[nH]2)ccc1Cl. The average Bonchev–Trinajstić information content (AvgIpc) is 3.03. The van der Waals surface area contributed by atoms with Gasteiger partial charge >= 0.3 is 0 Å². The highest BCUT2D eigenvalue weighted by molar-refractivity contribution is 7.99. The highest BCUT2D eigenvalue weighted by Crippen LogP contribution is 2.22. The van der Waals surface area contributed by atoms with Crippen LogP contribution in [0.3, 0.4) is 0 Å². The second kappa shape index (κ2) is 8.01. The van der Waals surface area contributed by atoms with Gasteiger partial charge in [-0.15, -0.1) is 5.10 Å². The highest BCUT2D eigenvalue weighted by atomic mass is 35.5. The minimum atomic E-state index is 0.198. The van der Waals surface area contributed by atoms with E-state index in [1.807, 2.05) is 25.1 Å². The third-order valence-electron chi connectivity index (χ3n) is 3.39. The van der Waals surface area contributed by atoms with Crippen molar-refractivity contribution < 1.29 is 14.2 Å². The summed E-state index contributed by atoms with van der Waals surface area (Å²) in [7, 11) is 0. The fraction of sp³-hybridized carbons (Fsp3) is 0.467. The Bertz CT molecular complexity index is 647. The zero-order valence-electron chi connectivity index (χ0n) is 12.8. The smallest absolute Gasteiger partial charge is 0.208 e. The van der Waals surface area contributed by atoms with Crippen molar-refractivity contribution in [2.75, 3.05) is 19.2 Å². The highest BCUT2D eigenvalue weighted by Gasteiger charge is 2.15. The first-order chi connectivity index (χ1) is 11.2. The van der Waals surface area contributed by atoms with Gasteiger partial charge in [-0.25, -0.2) is 4.98 Å². The second-order valence-corrected chi connectivity index (χ2v) is 6.57. The maximum Gasteiger partial charge on any atom is 0.208 e. The van der Waals surface area contributed by atoms with Gasteiger partial charge in [-0.3, -0.25) is 5.10 Å². The Balaban J connectivity index is 1.47. The van der Waals surface area contributed by atoms with Crippen molar-refractivity contribution in [3.05, 3.63) is 34.6 Å². The van der Waals surface area contributed by atoms with E-state index in [-0.39, 0.29) is 6.10 Å². The summed E-state index contributed by atoms with van der Waals surface area (Å²) in [5.74, 6) is 2.26. The number of hydrogen-bond acceptors (Lipinski definition) is 6. The molecule has 1 aliphatic rings. The number of nitrogens with one attached hydrogen (secondary N) is 1. The lowest BCUT2D eigenvalue weighted by atomic mass is 10.2. The molecule has 23 heavy (non-hydrogen) atoms. The second-order valence-electron chi connectivity index (χ2n) is 5.18. The molecule has 0 aliphatic carbocycles. The molecule has 1 aromatic carbocycles. The van der Waals surface area contributed by atoms with Crippen molar-refractivity contribution in [2.24, 2.45) is 0 Å². The average molecular weight is 356 g/mol. The summed E-state index contributed by atoms with van der Waals surface area (Å²) in [5, 5.41) is 8.50. The maximum atomic E-state index is 6.00. The van der Waals surface area contributed by atoms with Crippen molar-refractivity contribution in [1.29, 1.82) is 0 Å². The van der Waals surface area contributed by atoms with Crippen LogP contribution < -0.4 is 4.74 Å². The van der Waals surface area contributed by atoms with Crippen LogP contribution >= 0.6 is 23.4 Å². The zero-order valence-corrected chi connectivity index (χ0v) is 14.3. The number of halogens is 1. The molecule has 1 fully saturated rings. The fourth-order valence-electron chi connectivity index (χ4n) is 2.07. The van der Waals surface area contributed by atoms with Gasteiger partial charge in [0, 0.05) is 10.8 Å². The van der Waals surface area contributed by atoms with Gasteiger partial charge < -0.3 is 14.2 Å². The van der Waals surface area contributed by atoms with Crippen molar-refractivity contribution in [3.63, 3.8) is 0 Å². The molecule has 2 aromatic rings. The van der Waals surface area contributed by atoms with Crippen LogP contribution in [-0.2, 0) is 16.1 Å². The van der Waals surface area contributed by atoms with Gasteiger partial charge in [0.15, 0.2) is 5.82 Å². The van der Waals surface area contributed by atoms with E-state index in [1.165, 1.54) is 0 Å². The number of aromatic amines is 1. The summed E-state index contributed by atoms with van der Waals surface area (Å²) in [4.78, 5) is 4.41. The summed E-state index contributed by atoms with van der Waals surface area (Å²) in [6.45, 7) is 3.40. The number of aromatic nitrogens is 3. The first-order valence-electron chi connectivity index (χ1n) is 7.33. The Kier molecular flexibility index (Phi) is 5.77. The summed E-state index contributed by atoms with van der Waals surface area (Å²) in [5.41, 5.74) is 0.981. The Morgan fingerprint density at radius 2 is 2.39 bits per heavy atom. The van der Waals surface area contributed by atoms with Crippen LogP contribution in [0, 0.1) is 6.92 Å². The first kappa shape index (κ1) is 16.6. The molecule has 0 unspecified atom stereocenters. The van der Waals surface area contributed by atoms with E-state index in [9.17, 15) is 0 Å². The van der Waals surface area contributed by atoms with Crippen LogP contribution in [0.15, 0.2) is 23.4 Å². The number of ether oxygens (including phenoxy) is 3. The van der Waals surface area contributed by atoms with Gasteiger partial charge in [-0.05, 0) is 37.1 Å². The lowest BCUT2D eigenvalue weighted by Crippen LogP contribution is -2.25. The molecular weight excluding hydrogens is 338 g/mol. The van der Waals surface area contributed by atoms with Gasteiger partial charge in [0.05, 0.1) is 12.7 Å². The van der Waals surface area contributed by atoms with Crippen molar-refractivity contribution in [1.82, 2.24) is 15.2 Å². The molecule has 8 heteroatoms. The normalized spacial score (nSPS) is 18.1. The summed E-state index contributed by atoms with van der Waals surface area (Å²) in [6, 6.07) is 5.56. The molecule has 124 valence electrons. The van der Waals surface area contributed by atoms with Gasteiger partial charge in [-0.1, -0.05) is 23.4 Å². The van der Waals surface area contributed by atoms with E-state index in [1.54, 1.807) is 11.8 Å². The zero-order chi connectivity index (χ0) is 16.1. The molecule has 3 rings (SSSR count). The predicted octanol–water partition coefficient (Wildman–Crippen LogP) is 3.20. The minimum absolute atomic E-state index is 0.198. The molecule has 0 spiro atoms. The third-order valence-corrected chi connectivity index (χ3v) is 4.79. The molecule has 0 saturated carbocycles. The van der Waals surface area contributed by atoms with Crippen LogP contribution in [0.2, 0.25) is 5.02 Å². The molecule has 2 heterocycles. The maximum absolute atomic E-state index is 6.00. The van der Waals surface area contributed by atoms with Gasteiger partial charge in [0.25, 0.3) is 0 Å². The van der Waals surface area contributed by atoms with Crippen molar-refractivity contribution >= 4 is 23.4 Å². The Morgan fingerprint density at radius 1 is 1.48 bits per heavy atom. The molecule has 0 amide bonds. The molecule has 0 radical (unpaired) electrons. The van der Waals surface area contributed by atoms with Gasteiger partial charge in [0.2, 0.25) is 5.16 Å². The standard InChI is InChI=1S/C15H18ClN3O3S/c1-10-6-11(2-3-13(10)16)21-7-14-17-15(19-18-14)23-8-12-4-5-20-9-22-12/h2-3,6,12H,4-5,7-9H2,1H3,(H,17,18,19)/t12-/m0/s1. The number of benzene rings is 1. The lowest BCUT2D eigenvalue weighted by Gasteiger charge is -2.21. The summed E-state index contributed by atoms with van der Waals surface area (Å²) >= 11 is 7.56. The van der Waals surface area contributed by atoms with E-state index in [2.05, 4.69) is 15.2 Å². The number of aryl methyl sites for hydroxylation is 1. The number of nitrogens with zero attached hydrogens (tertiary/aromatic N) is 2. The monoisotopic (exact) mass is 355 g/mol. The Hall–Kier alpha value is -1.28. The number of rotatable bonds is 6. The number of thioether (sulfide) groups is 1. The molecule has 1 N–H and O–H groups in total. The fourth-order valence-corrected chi connectivity index (χ4v) is 3.07. The summed E-state index contributed by atoms with van der Waals surface area (Å²) < 4.78 is 16.3. The third kappa shape index (κ3) is 4.84. The molecule has 1 atom stereocenters. The van der Waals surface area contributed by atoms with Crippen LogP contribution in [-0.4, -0.2) is 40.4 Å². The minimum Gasteiger partial charge on any atom is -0.486 e. The quantitative estimate of drug-likeness (QED) is 0.802. The number of H-pyrrole nitrogens is 1. The van der Waals surface area contributed by atoms with Gasteiger partial charge in [0.1, 0.15) is 19.1 Å². The lowest BCUT2D eigenvalue weighted by molar-refractivity contribution is -0.130. The molecule has 1 aromatic heterocycles. The van der Waals surface area contributed by atoms with E-state index in [4.69, 9.17) is 25.8 Å². The Labute approximate surface area is 143 Å². The van der Waals surface area contributed by atoms with Crippen LogP contribution in [0.4, 0.5) is 0 Å². The molecule has 1 saturated heterocycles. The topological polar surface area (TPSA) is 69.3 Å². The van der Waals surface area contributed by atoms with Crippen molar-refractivity contribution in [3.8, 4) is 5.75 Å². The van der Waals surface area contributed by atoms with Crippen molar-refractivity contribution in [2.45, 2.75) is 31.2 Å². The first-order valence-corrected chi connectivity index (χ1v) is 8.69. The Morgan fingerprint density at radius 3 is 3.17 bits per heavy atom. The summed E-state index contributed by atoms with van der Waals surface area (Å²) in [6.07, 6.45) is 1.10. The number of hydrogen-bond donors (Lipinski definition) is 1. The van der Waals surface area contributed by atoms with E-state index in [0.717, 1.165) is 35.1 Å². The van der Waals surface area contributed by atoms with E-state index < -0.39 is 0 Å². The van der Waals surface area contributed by atoms with Crippen LogP contribution in [0.25, 0.3) is 0 Å². The largest absolute Gasteiger partial charge is 0.486 e. The van der Waals surface area contributed by atoms with E-state index >= 15 is 0 Å².